The largest absolute Gasteiger partial charge is 0.335 e. The fourth-order valence-corrected chi connectivity index (χ4v) is 5.42. The molecule has 0 radical (unpaired) electrons. The molecule has 1 aliphatic carbocycles. The fraction of sp³-hybridized carbons (Fsp3) is 0.400. The number of hydrogen-bond donors (Lipinski definition) is 1. The zero-order valence-electron chi connectivity index (χ0n) is 18.7. The Labute approximate surface area is 198 Å². The van der Waals surface area contributed by atoms with Crippen molar-refractivity contribution in [2.24, 2.45) is 0 Å². The van der Waals surface area contributed by atoms with E-state index in [1.807, 2.05) is 63.5 Å². The third-order valence-electron chi connectivity index (χ3n) is 6.53. The van der Waals surface area contributed by atoms with Crippen LogP contribution < -0.4 is 5.32 Å². The zero-order chi connectivity index (χ0) is 22.6. The van der Waals surface area contributed by atoms with Crippen molar-refractivity contribution in [1.29, 1.82) is 0 Å². The summed E-state index contributed by atoms with van der Waals surface area (Å²) >= 11 is 1.47. The number of aromatic nitrogens is 2. The number of carbonyl (C=O) groups is 2. The molecule has 5 rings (SSSR count). The number of piperazine rings is 1. The Hall–Kier alpha value is -2.97. The van der Waals surface area contributed by atoms with E-state index in [1.165, 1.54) is 24.2 Å². The molecule has 3 heterocycles. The number of hydrogen-bond acceptors (Lipinski definition) is 5. The predicted molar refractivity (Wildman–Crippen MR) is 130 cm³/mol. The molecule has 2 aromatic heterocycles. The van der Waals surface area contributed by atoms with E-state index in [9.17, 15) is 9.59 Å². The van der Waals surface area contributed by atoms with E-state index < -0.39 is 0 Å². The number of nitrogens with one attached hydrogen (secondary N) is 1. The first-order chi connectivity index (χ1) is 16.2. The maximum absolute atomic E-state index is 12.9. The highest BCUT2D eigenvalue weighted by Gasteiger charge is 2.25. The van der Waals surface area contributed by atoms with Gasteiger partial charge in [-0.2, -0.15) is 5.10 Å². The van der Waals surface area contributed by atoms with Crippen molar-refractivity contribution < 1.29 is 9.59 Å². The summed E-state index contributed by atoms with van der Waals surface area (Å²) < 4.78 is 1.85. The monoisotopic (exact) mass is 463 g/mol. The number of amides is 2. The van der Waals surface area contributed by atoms with Gasteiger partial charge in [-0.15, -0.1) is 11.3 Å². The molecular formula is C25H29N5O2S. The Kier molecular flexibility index (Phi) is 6.55. The Balaban J connectivity index is 1.22. The molecule has 7 nitrogen and oxygen atoms in total. The van der Waals surface area contributed by atoms with Crippen LogP contribution in [0.4, 0.5) is 5.82 Å². The number of nitrogens with zero attached hydrogens (tertiary/aromatic N) is 4. The minimum atomic E-state index is -0.0527. The molecule has 1 N–H and O–H groups in total. The van der Waals surface area contributed by atoms with Gasteiger partial charge in [0.25, 0.3) is 5.91 Å². The Morgan fingerprint density at radius 2 is 1.76 bits per heavy atom. The summed E-state index contributed by atoms with van der Waals surface area (Å²) in [5.74, 6) is 1.22. The van der Waals surface area contributed by atoms with Gasteiger partial charge in [0, 0.05) is 38.2 Å². The average Bonchev–Trinajstić information content (AvgIpc) is 3.61. The summed E-state index contributed by atoms with van der Waals surface area (Å²) in [6.07, 6.45) is 4.80. The lowest BCUT2D eigenvalue weighted by Crippen LogP contribution is -2.50. The van der Waals surface area contributed by atoms with Gasteiger partial charge in [0.05, 0.1) is 22.8 Å². The van der Waals surface area contributed by atoms with Gasteiger partial charge >= 0.3 is 0 Å². The highest BCUT2D eigenvalue weighted by Crippen LogP contribution is 2.35. The molecule has 1 saturated heterocycles. The van der Waals surface area contributed by atoms with Crippen molar-refractivity contribution in [3.63, 3.8) is 0 Å². The third-order valence-corrected chi connectivity index (χ3v) is 7.39. The number of benzene rings is 1. The average molecular weight is 464 g/mol. The molecule has 1 aliphatic heterocycles. The van der Waals surface area contributed by atoms with E-state index in [1.54, 1.807) is 0 Å². The number of rotatable bonds is 6. The summed E-state index contributed by atoms with van der Waals surface area (Å²) in [6.45, 7) is 2.96. The van der Waals surface area contributed by atoms with E-state index in [-0.39, 0.29) is 11.8 Å². The molecule has 8 heteroatoms. The molecule has 33 heavy (non-hydrogen) atoms. The molecule has 3 aromatic rings. The van der Waals surface area contributed by atoms with Gasteiger partial charge in [0.2, 0.25) is 5.91 Å². The summed E-state index contributed by atoms with van der Waals surface area (Å²) in [6, 6.07) is 15.8. The molecule has 2 aliphatic rings. The second-order valence-electron chi connectivity index (χ2n) is 8.78. The second-order valence-corrected chi connectivity index (χ2v) is 9.72. The number of thiophene rings is 1. The normalized spacial score (nSPS) is 17.4. The summed E-state index contributed by atoms with van der Waals surface area (Å²) in [5, 5.41) is 9.88. The number of carbonyl (C=O) groups excluding carboxylic acids is 2. The molecule has 172 valence electrons. The van der Waals surface area contributed by atoms with Crippen LogP contribution in [-0.4, -0.2) is 64.1 Å². The Morgan fingerprint density at radius 3 is 2.45 bits per heavy atom. The van der Waals surface area contributed by atoms with Crippen LogP contribution in [0.15, 0.2) is 53.9 Å². The first-order valence-electron chi connectivity index (χ1n) is 11.7. The van der Waals surface area contributed by atoms with Gasteiger partial charge in [-0.05, 0) is 36.4 Å². The van der Waals surface area contributed by atoms with Crippen LogP contribution in [0.5, 0.6) is 0 Å². The maximum Gasteiger partial charge on any atom is 0.264 e. The summed E-state index contributed by atoms with van der Waals surface area (Å²) in [7, 11) is 0. The van der Waals surface area contributed by atoms with Gasteiger partial charge in [-0.25, -0.2) is 4.68 Å². The van der Waals surface area contributed by atoms with Crippen molar-refractivity contribution in [1.82, 2.24) is 19.6 Å². The quantitative estimate of drug-likeness (QED) is 0.600. The van der Waals surface area contributed by atoms with E-state index in [2.05, 4.69) is 10.2 Å². The topological polar surface area (TPSA) is 70.5 Å². The summed E-state index contributed by atoms with van der Waals surface area (Å²) in [4.78, 5) is 30.2. The van der Waals surface area contributed by atoms with E-state index in [0.29, 0.717) is 38.6 Å². The van der Waals surface area contributed by atoms with Gasteiger partial charge in [-0.1, -0.05) is 37.1 Å². The highest BCUT2D eigenvalue weighted by molar-refractivity contribution is 7.12. The molecular weight excluding hydrogens is 434 g/mol. The smallest absolute Gasteiger partial charge is 0.264 e. The molecule has 0 atom stereocenters. The van der Waals surface area contributed by atoms with Crippen LogP contribution in [0.2, 0.25) is 0 Å². The third kappa shape index (κ3) is 5.02. The lowest BCUT2D eigenvalue weighted by atomic mass is 10.0. The van der Waals surface area contributed by atoms with Gasteiger partial charge < -0.3 is 10.2 Å². The maximum atomic E-state index is 12.9. The van der Waals surface area contributed by atoms with Gasteiger partial charge in [0.15, 0.2) is 0 Å². The minimum absolute atomic E-state index is 0.0527. The predicted octanol–water partition coefficient (Wildman–Crippen LogP) is 3.99. The van der Waals surface area contributed by atoms with E-state index >= 15 is 0 Å². The first kappa shape index (κ1) is 21.9. The van der Waals surface area contributed by atoms with Crippen LogP contribution in [-0.2, 0) is 4.79 Å². The van der Waals surface area contributed by atoms with Crippen molar-refractivity contribution in [2.45, 2.75) is 31.6 Å². The van der Waals surface area contributed by atoms with Gasteiger partial charge in [-0.3, -0.25) is 14.5 Å². The minimum Gasteiger partial charge on any atom is -0.335 e. The molecule has 2 amide bonds. The zero-order valence-corrected chi connectivity index (χ0v) is 19.5. The lowest BCUT2D eigenvalue weighted by Gasteiger charge is -2.34. The van der Waals surface area contributed by atoms with Crippen molar-refractivity contribution >= 4 is 29.0 Å². The number of anilines is 1. The second kappa shape index (κ2) is 9.89. The number of para-hydroxylation sites is 1. The van der Waals surface area contributed by atoms with Gasteiger partial charge in [0.1, 0.15) is 5.82 Å². The van der Waals surface area contributed by atoms with Crippen LogP contribution >= 0.6 is 11.3 Å². The van der Waals surface area contributed by atoms with Crippen molar-refractivity contribution in [2.75, 3.05) is 38.0 Å². The molecule has 1 aromatic carbocycles. The highest BCUT2D eigenvalue weighted by atomic mass is 32.1. The van der Waals surface area contributed by atoms with E-state index in [4.69, 9.17) is 5.10 Å². The van der Waals surface area contributed by atoms with Crippen LogP contribution in [0, 0.1) is 0 Å². The van der Waals surface area contributed by atoms with E-state index in [0.717, 1.165) is 34.9 Å². The van der Waals surface area contributed by atoms with Crippen molar-refractivity contribution in [3.8, 4) is 5.69 Å². The lowest BCUT2D eigenvalue weighted by molar-refractivity contribution is -0.117. The van der Waals surface area contributed by atoms with Crippen LogP contribution in [0.1, 0.15) is 47.0 Å². The molecule has 2 fully saturated rings. The molecule has 0 unspecified atom stereocenters. The molecule has 0 spiro atoms. The Bertz CT molecular complexity index is 1080. The van der Waals surface area contributed by atoms with Crippen LogP contribution in [0.25, 0.3) is 5.69 Å². The summed E-state index contributed by atoms with van der Waals surface area (Å²) in [5.41, 5.74) is 2.00. The fourth-order valence-electron chi connectivity index (χ4n) is 4.73. The SMILES string of the molecule is O=C(CN1CCN(C(=O)c2cccs2)CC1)Nc1cc(C2CCCC2)nn1-c1ccccc1. The van der Waals surface area contributed by atoms with Crippen molar-refractivity contribution in [3.05, 3.63) is 64.5 Å². The van der Waals surface area contributed by atoms with Crippen LogP contribution in [0.3, 0.4) is 0 Å². The Morgan fingerprint density at radius 1 is 1.00 bits per heavy atom. The molecule has 1 saturated carbocycles. The standard InChI is InChI=1S/C25H29N5O2S/c31-24(18-28-12-14-29(15-13-28)25(32)22-11-6-16-33-22)26-23-17-21(19-7-4-5-8-19)27-30(23)20-9-2-1-3-10-20/h1-3,6,9-11,16-17,19H,4-5,7-8,12-15,18H2,(H,26,31). The first-order valence-corrected chi connectivity index (χ1v) is 12.6. The molecule has 0 bridgehead atoms.